The van der Waals surface area contributed by atoms with Crippen LogP contribution in [0.1, 0.15) is 27.2 Å². The molecule has 6 heteroatoms. The van der Waals surface area contributed by atoms with E-state index in [9.17, 15) is 9.59 Å². The van der Waals surface area contributed by atoms with Gasteiger partial charge >= 0.3 is 6.09 Å². The third kappa shape index (κ3) is 3.80. The van der Waals surface area contributed by atoms with E-state index < -0.39 is 17.9 Å². The summed E-state index contributed by atoms with van der Waals surface area (Å²) in [4.78, 5) is 25.0. The van der Waals surface area contributed by atoms with Crippen LogP contribution in [0.3, 0.4) is 0 Å². The van der Waals surface area contributed by atoms with Crippen molar-refractivity contribution in [1.29, 1.82) is 0 Å². The quantitative estimate of drug-likeness (QED) is 0.533. The highest BCUT2D eigenvalue weighted by molar-refractivity contribution is 14.1. The summed E-state index contributed by atoms with van der Waals surface area (Å²) in [6.45, 7) is 5.78. The zero-order chi connectivity index (χ0) is 13.2. The SMILES string of the molecule is COC1C(I)C(=O)CCN1C(=O)OC(C)(C)C. The van der Waals surface area contributed by atoms with E-state index in [1.54, 1.807) is 0 Å². The number of halogens is 1. The first-order valence-corrected chi connectivity index (χ1v) is 6.70. The number of alkyl halides is 1. The number of rotatable bonds is 1. The van der Waals surface area contributed by atoms with Crippen LogP contribution in [-0.2, 0) is 14.3 Å². The lowest BCUT2D eigenvalue weighted by Crippen LogP contribution is -2.54. The largest absolute Gasteiger partial charge is 0.444 e. The van der Waals surface area contributed by atoms with Gasteiger partial charge in [-0.15, -0.1) is 0 Å². The number of nitrogens with zero attached hydrogens (tertiary/aromatic N) is 1. The molecule has 0 saturated carbocycles. The second-order valence-electron chi connectivity index (χ2n) is 4.92. The molecule has 1 amide bonds. The molecule has 5 nitrogen and oxygen atoms in total. The van der Waals surface area contributed by atoms with Crippen molar-refractivity contribution in [2.75, 3.05) is 13.7 Å². The number of ether oxygens (including phenoxy) is 2. The van der Waals surface area contributed by atoms with Gasteiger partial charge in [-0.25, -0.2) is 4.79 Å². The third-order valence-electron chi connectivity index (χ3n) is 2.33. The molecule has 1 heterocycles. The summed E-state index contributed by atoms with van der Waals surface area (Å²) in [5, 5.41) is 0. The van der Waals surface area contributed by atoms with Crippen molar-refractivity contribution in [2.24, 2.45) is 0 Å². The first kappa shape index (κ1) is 14.7. The Balaban J connectivity index is 2.75. The summed E-state index contributed by atoms with van der Waals surface area (Å²) in [6.07, 6.45) is -0.614. The van der Waals surface area contributed by atoms with E-state index >= 15 is 0 Å². The standard InChI is InChI=1S/C11H18INO4/c1-11(2,3)17-10(15)13-6-5-7(14)8(12)9(13)16-4/h8-9H,5-6H2,1-4H3. The summed E-state index contributed by atoms with van der Waals surface area (Å²) >= 11 is 2.01. The average molecular weight is 355 g/mol. The average Bonchev–Trinajstić information content (AvgIpc) is 2.19. The number of carbonyl (C=O) groups is 2. The Morgan fingerprint density at radius 3 is 2.53 bits per heavy atom. The van der Waals surface area contributed by atoms with Gasteiger partial charge in [0.25, 0.3) is 0 Å². The molecule has 1 rings (SSSR count). The molecule has 0 N–H and O–H groups in total. The van der Waals surface area contributed by atoms with Gasteiger partial charge in [-0.1, -0.05) is 22.6 Å². The molecule has 2 unspecified atom stereocenters. The molecule has 98 valence electrons. The van der Waals surface area contributed by atoms with E-state index in [4.69, 9.17) is 9.47 Å². The Labute approximate surface area is 115 Å². The predicted molar refractivity (Wildman–Crippen MR) is 71.2 cm³/mol. The maximum Gasteiger partial charge on any atom is 0.412 e. The zero-order valence-electron chi connectivity index (χ0n) is 10.5. The van der Waals surface area contributed by atoms with E-state index in [-0.39, 0.29) is 9.71 Å². The molecule has 1 saturated heterocycles. The van der Waals surface area contributed by atoms with Crippen molar-refractivity contribution >= 4 is 34.5 Å². The summed E-state index contributed by atoms with van der Waals surface area (Å²) in [6, 6.07) is 0. The van der Waals surface area contributed by atoms with Crippen LogP contribution in [0.25, 0.3) is 0 Å². The predicted octanol–water partition coefficient (Wildman–Crippen LogP) is 1.97. The fourth-order valence-corrected chi connectivity index (χ4v) is 2.57. The summed E-state index contributed by atoms with van der Waals surface area (Å²) in [5.41, 5.74) is -0.544. The Kier molecular flexibility index (Phi) is 4.77. The first-order chi connectivity index (χ1) is 7.76. The van der Waals surface area contributed by atoms with Gasteiger partial charge in [0.15, 0.2) is 12.0 Å². The van der Waals surface area contributed by atoms with Crippen LogP contribution in [-0.4, -0.2) is 46.2 Å². The second kappa shape index (κ2) is 5.51. The third-order valence-corrected chi connectivity index (χ3v) is 3.64. The van der Waals surface area contributed by atoms with Crippen LogP contribution < -0.4 is 0 Å². The van der Waals surface area contributed by atoms with Crippen LogP contribution in [0.5, 0.6) is 0 Å². The number of likely N-dealkylation sites (tertiary alicyclic amines) is 1. The van der Waals surface area contributed by atoms with E-state index in [1.165, 1.54) is 12.0 Å². The maximum atomic E-state index is 11.9. The Hall–Kier alpha value is -0.370. The van der Waals surface area contributed by atoms with Gasteiger partial charge < -0.3 is 9.47 Å². The van der Waals surface area contributed by atoms with Gasteiger partial charge in [-0.3, -0.25) is 9.69 Å². The van der Waals surface area contributed by atoms with E-state index in [1.807, 2.05) is 43.4 Å². The molecule has 0 aromatic rings. The minimum atomic E-state index is -0.544. The lowest BCUT2D eigenvalue weighted by atomic mass is 10.1. The van der Waals surface area contributed by atoms with Gasteiger partial charge in [-0.05, 0) is 20.8 Å². The van der Waals surface area contributed by atoms with Crippen LogP contribution in [0.15, 0.2) is 0 Å². The number of piperidine rings is 1. The summed E-state index contributed by atoms with van der Waals surface area (Å²) in [7, 11) is 1.49. The smallest absolute Gasteiger partial charge is 0.412 e. The molecule has 1 aliphatic heterocycles. The monoisotopic (exact) mass is 355 g/mol. The van der Waals surface area contributed by atoms with E-state index in [2.05, 4.69) is 0 Å². The lowest BCUT2D eigenvalue weighted by molar-refractivity contribution is -0.129. The van der Waals surface area contributed by atoms with Crippen molar-refractivity contribution < 1.29 is 19.1 Å². The molecule has 0 aliphatic carbocycles. The van der Waals surface area contributed by atoms with Crippen LogP contribution >= 0.6 is 22.6 Å². The Morgan fingerprint density at radius 2 is 2.06 bits per heavy atom. The molecule has 1 fully saturated rings. The molecule has 1 aliphatic rings. The van der Waals surface area contributed by atoms with Crippen molar-refractivity contribution in [1.82, 2.24) is 4.90 Å². The number of hydrogen-bond acceptors (Lipinski definition) is 4. The van der Waals surface area contributed by atoms with Crippen molar-refractivity contribution in [3.8, 4) is 0 Å². The Morgan fingerprint density at radius 1 is 1.47 bits per heavy atom. The number of Topliss-reactive ketones (excluding diaryl/α,β-unsaturated/α-hetero) is 1. The van der Waals surface area contributed by atoms with Gasteiger partial charge in [0, 0.05) is 20.1 Å². The topological polar surface area (TPSA) is 55.8 Å². The molecule has 2 atom stereocenters. The highest BCUT2D eigenvalue weighted by Gasteiger charge is 2.39. The number of ketones is 1. The maximum absolute atomic E-state index is 11.9. The minimum Gasteiger partial charge on any atom is -0.444 e. The molecule has 0 radical (unpaired) electrons. The van der Waals surface area contributed by atoms with E-state index in [0.29, 0.717) is 13.0 Å². The fourth-order valence-electron chi connectivity index (χ4n) is 1.58. The number of methoxy groups -OCH3 is 1. The van der Waals surface area contributed by atoms with Crippen LogP contribution in [0.2, 0.25) is 0 Å². The van der Waals surface area contributed by atoms with Crippen molar-refractivity contribution in [2.45, 2.75) is 42.9 Å². The van der Waals surface area contributed by atoms with Gasteiger partial charge in [0.05, 0.1) is 0 Å². The molecular formula is C11H18INO4. The highest BCUT2D eigenvalue weighted by Crippen LogP contribution is 2.24. The normalized spacial score (nSPS) is 25.9. The molecule has 0 bridgehead atoms. The molecule has 0 aromatic heterocycles. The zero-order valence-corrected chi connectivity index (χ0v) is 12.7. The lowest BCUT2D eigenvalue weighted by Gasteiger charge is -2.37. The van der Waals surface area contributed by atoms with Crippen LogP contribution in [0, 0.1) is 0 Å². The second-order valence-corrected chi connectivity index (χ2v) is 6.26. The summed E-state index contributed by atoms with van der Waals surface area (Å²) < 4.78 is 10.2. The fraction of sp³-hybridized carbons (Fsp3) is 0.818. The minimum absolute atomic E-state index is 0.109. The van der Waals surface area contributed by atoms with Gasteiger partial charge in [0.1, 0.15) is 9.53 Å². The molecule has 0 aromatic carbocycles. The molecule has 0 spiro atoms. The van der Waals surface area contributed by atoms with Crippen molar-refractivity contribution in [3.05, 3.63) is 0 Å². The molecule has 17 heavy (non-hydrogen) atoms. The van der Waals surface area contributed by atoms with Crippen molar-refractivity contribution in [3.63, 3.8) is 0 Å². The highest BCUT2D eigenvalue weighted by atomic mass is 127. The number of carbonyl (C=O) groups excluding carboxylic acids is 2. The first-order valence-electron chi connectivity index (χ1n) is 5.45. The van der Waals surface area contributed by atoms with Crippen LogP contribution in [0.4, 0.5) is 4.79 Å². The summed E-state index contributed by atoms with van der Waals surface area (Å²) in [5.74, 6) is 0.109. The van der Waals surface area contributed by atoms with E-state index in [0.717, 1.165) is 0 Å². The number of hydrogen-bond donors (Lipinski definition) is 0. The Bertz CT molecular complexity index is 313. The molecular weight excluding hydrogens is 337 g/mol. The number of amides is 1. The van der Waals surface area contributed by atoms with Gasteiger partial charge in [-0.2, -0.15) is 0 Å². The van der Waals surface area contributed by atoms with Gasteiger partial charge in [0.2, 0.25) is 0 Å².